The maximum Gasteiger partial charge on any atom is 0.325 e. The molecule has 0 radical (unpaired) electrons. The molecule has 3 aromatic rings. The average Bonchev–Trinajstić information content (AvgIpc) is 3.53. The first-order valence-corrected chi connectivity index (χ1v) is 14.5. The smallest absolute Gasteiger partial charge is 0.325 e. The van der Waals surface area contributed by atoms with Crippen LogP contribution < -0.4 is 10.2 Å². The van der Waals surface area contributed by atoms with E-state index in [4.69, 9.17) is 30.5 Å². The van der Waals surface area contributed by atoms with Crippen molar-refractivity contribution in [3.63, 3.8) is 0 Å². The molecule has 0 spiro atoms. The summed E-state index contributed by atoms with van der Waals surface area (Å²) in [6, 6.07) is 15.5. The molecular weight excluding hydrogens is 562 g/mol. The Kier molecular flexibility index (Phi) is 9.96. The number of carbonyl (C=O) groups is 2. The Hall–Kier alpha value is -3.64. The van der Waals surface area contributed by atoms with Crippen LogP contribution in [0.1, 0.15) is 18.1 Å². The van der Waals surface area contributed by atoms with Gasteiger partial charge in [-0.15, -0.1) is 0 Å². The highest BCUT2D eigenvalue weighted by molar-refractivity contribution is 6.31. The number of esters is 1. The summed E-state index contributed by atoms with van der Waals surface area (Å²) in [4.78, 5) is 31.9. The second-order valence-electron chi connectivity index (χ2n) is 10.1. The Morgan fingerprint density at radius 2 is 1.81 bits per heavy atom. The largest absolute Gasteiger partial charge is 0.465 e. The lowest BCUT2D eigenvalue weighted by atomic mass is 10.0. The molecule has 0 bridgehead atoms. The van der Waals surface area contributed by atoms with Gasteiger partial charge in [0.1, 0.15) is 12.6 Å². The van der Waals surface area contributed by atoms with E-state index in [0.29, 0.717) is 64.2 Å². The van der Waals surface area contributed by atoms with Crippen LogP contribution in [-0.4, -0.2) is 85.1 Å². The van der Waals surface area contributed by atoms with Gasteiger partial charge in [0.2, 0.25) is 5.79 Å². The molecule has 12 heteroatoms. The molecule has 5 rings (SSSR count). The zero-order valence-corrected chi connectivity index (χ0v) is 24.4. The zero-order chi connectivity index (χ0) is 29.4. The monoisotopic (exact) mass is 597 g/mol. The van der Waals surface area contributed by atoms with Crippen molar-refractivity contribution in [1.29, 1.82) is 0 Å². The van der Waals surface area contributed by atoms with Crippen LogP contribution in [0.5, 0.6) is 0 Å². The fraction of sp³-hybridized carbons (Fsp3) is 0.433. The Bertz CT molecular complexity index is 1310. The van der Waals surface area contributed by atoms with Crippen LogP contribution in [0.25, 0.3) is 0 Å². The third-order valence-electron chi connectivity index (χ3n) is 7.28. The molecule has 2 amide bonds. The Morgan fingerprint density at radius 1 is 1.07 bits per heavy atom. The van der Waals surface area contributed by atoms with Crippen LogP contribution in [-0.2, 0) is 42.7 Å². The molecule has 0 unspecified atom stereocenters. The number of urea groups is 1. The first-order chi connectivity index (χ1) is 20.5. The highest BCUT2D eigenvalue weighted by atomic mass is 35.5. The molecule has 0 saturated carbocycles. The molecule has 42 heavy (non-hydrogen) atoms. The molecule has 224 valence electrons. The van der Waals surface area contributed by atoms with E-state index in [1.165, 1.54) is 0 Å². The lowest BCUT2D eigenvalue weighted by Gasteiger charge is -2.40. The fourth-order valence-corrected chi connectivity index (χ4v) is 5.30. The third-order valence-corrected chi connectivity index (χ3v) is 7.61. The van der Waals surface area contributed by atoms with Crippen molar-refractivity contribution in [3.8, 4) is 0 Å². The zero-order valence-electron chi connectivity index (χ0n) is 23.6. The lowest BCUT2D eigenvalue weighted by Crippen LogP contribution is -2.52. The maximum atomic E-state index is 12.3. The molecule has 0 atom stereocenters. The van der Waals surface area contributed by atoms with Crippen LogP contribution in [0.2, 0.25) is 5.02 Å². The van der Waals surface area contributed by atoms with E-state index in [2.05, 4.69) is 27.3 Å². The number of rotatable bonds is 10. The van der Waals surface area contributed by atoms with Gasteiger partial charge in [-0.25, -0.2) is 9.78 Å². The molecule has 3 heterocycles. The van der Waals surface area contributed by atoms with Crippen molar-refractivity contribution in [2.75, 3.05) is 57.4 Å². The molecule has 1 aromatic heterocycles. The third kappa shape index (κ3) is 7.40. The molecule has 11 nitrogen and oxygen atoms in total. The number of nitrogens with one attached hydrogen (secondary N) is 1. The highest BCUT2D eigenvalue weighted by Crippen LogP contribution is 2.37. The number of amides is 2. The summed E-state index contributed by atoms with van der Waals surface area (Å²) in [5, 5.41) is 3.20. The van der Waals surface area contributed by atoms with E-state index in [1.807, 2.05) is 47.2 Å². The van der Waals surface area contributed by atoms with Crippen LogP contribution in [0.3, 0.4) is 0 Å². The van der Waals surface area contributed by atoms with E-state index < -0.39 is 11.8 Å². The van der Waals surface area contributed by atoms with E-state index >= 15 is 0 Å². The normalized spacial score (nSPS) is 20.8. The second-order valence-corrected chi connectivity index (χ2v) is 10.5. The quantitative estimate of drug-likeness (QED) is 0.354. The number of carbonyl (C=O) groups excluding carboxylic acids is 2. The average molecular weight is 598 g/mol. The number of anilines is 1. The molecular formula is C30H36ClN5O6. The Morgan fingerprint density at radius 3 is 2.48 bits per heavy atom. The van der Waals surface area contributed by atoms with Crippen LogP contribution >= 0.6 is 11.6 Å². The molecule has 2 aliphatic heterocycles. The van der Waals surface area contributed by atoms with Crippen molar-refractivity contribution in [2.24, 2.45) is 0 Å². The summed E-state index contributed by atoms with van der Waals surface area (Å²) in [5.74, 6) is -1.47. The highest BCUT2D eigenvalue weighted by Gasteiger charge is 2.41. The number of piperazine rings is 1. The van der Waals surface area contributed by atoms with Crippen LogP contribution in [0.15, 0.2) is 67.3 Å². The van der Waals surface area contributed by atoms with Gasteiger partial charge < -0.3 is 38.6 Å². The first kappa shape index (κ1) is 29.8. The molecule has 2 saturated heterocycles. The van der Waals surface area contributed by atoms with Crippen molar-refractivity contribution in [3.05, 3.63) is 83.4 Å². The van der Waals surface area contributed by atoms with E-state index in [0.717, 1.165) is 16.8 Å². The van der Waals surface area contributed by atoms with Crippen molar-refractivity contribution >= 4 is 29.3 Å². The molecule has 1 N–H and O–H groups in total. The Balaban J connectivity index is 1.09. The van der Waals surface area contributed by atoms with Crippen LogP contribution in [0, 0.1) is 0 Å². The van der Waals surface area contributed by atoms with Gasteiger partial charge in [0.25, 0.3) is 0 Å². The van der Waals surface area contributed by atoms with E-state index in [-0.39, 0.29) is 18.7 Å². The second kappa shape index (κ2) is 14.0. The summed E-state index contributed by atoms with van der Waals surface area (Å²) in [5.41, 5.74) is 2.89. The maximum absolute atomic E-state index is 12.3. The lowest BCUT2D eigenvalue weighted by molar-refractivity contribution is -0.313. The number of halogens is 1. The number of benzene rings is 2. The van der Waals surface area contributed by atoms with Gasteiger partial charge in [0.15, 0.2) is 0 Å². The number of hydrogen-bond donors (Lipinski definition) is 1. The van der Waals surface area contributed by atoms with Gasteiger partial charge in [-0.2, -0.15) is 0 Å². The number of ether oxygens (including phenoxy) is 4. The summed E-state index contributed by atoms with van der Waals surface area (Å²) >= 11 is 6.53. The molecule has 2 aromatic carbocycles. The fourth-order valence-electron chi connectivity index (χ4n) is 5.02. The van der Waals surface area contributed by atoms with Gasteiger partial charge in [0.05, 0.1) is 39.3 Å². The molecule has 2 fully saturated rings. The Labute approximate surface area is 250 Å². The summed E-state index contributed by atoms with van der Waals surface area (Å²) in [6.07, 6.45) is 5.08. The van der Waals surface area contributed by atoms with E-state index in [9.17, 15) is 9.59 Å². The standard InChI is InChI=1S/C30H36ClN5O6/c1-2-39-28(37)17-33-29(38)36-15-13-35(14-16-36)24-9-7-23(8-10-24)18-40-25-19-41-30(42-20-25,21-34-12-11-32-22-34)26-5-3-4-6-27(26)31/h3-12,22,25H,2,13-21H2,1H3,(H,33,38). The first-order valence-electron chi connectivity index (χ1n) is 14.1. The number of aromatic nitrogens is 2. The minimum absolute atomic E-state index is 0.122. The van der Waals surface area contributed by atoms with Crippen molar-refractivity contribution in [1.82, 2.24) is 19.8 Å². The molecule has 0 aliphatic carbocycles. The van der Waals surface area contributed by atoms with Gasteiger partial charge in [-0.05, 0) is 30.7 Å². The van der Waals surface area contributed by atoms with Gasteiger partial charge in [0, 0.05) is 54.8 Å². The topological polar surface area (TPSA) is 107 Å². The summed E-state index contributed by atoms with van der Waals surface area (Å²) in [6.45, 7) is 5.99. The molecule has 2 aliphatic rings. The SMILES string of the molecule is CCOC(=O)CNC(=O)N1CCN(c2ccc(COC3COC(Cn4ccnc4)(c4ccccc4Cl)OC3)cc2)CC1. The summed E-state index contributed by atoms with van der Waals surface area (Å²) < 4.78 is 25.6. The van der Waals surface area contributed by atoms with Crippen LogP contribution in [0.4, 0.5) is 10.5 Å². The van der Waals surface area contributed by atoms with Gasteiger partial charge >= 0.3 is 12.0 Å². The summed E-state index contributed by atoms with van der Waals surface area (Å²) in [7, 11) is 0. The minimum Gasteiger partial charge on any atom is -0.465 e. The predicted molar refractivity (Wildman–Crippen MR) is 156 cm³/mol. The van der Waals surface area contributed by atoms with Gasteiger partial charge in [-0.3, -0.25) is 4.79 Å². The minimum atomic E-state index is -1.04. The number of imidazole rings is 1. The van der Waals surface area contributed by atoms with Crippen molar-refractivity contribution in [2.45, 2.75) is 32.0 Å². The predicted octanol–water partition coefficient (Wildman–Crippen LogP) is 3.42. The van der Waals surface area contributed by atoms with Gasteiger partial charge in [-0.1, -0.05) is 41.9 Å². The van der Waals surface area contributed by atoms with E-state index in [1.54, 1.807) is 24.3 Å². The van der Waals surface area contributed by atoms with Crippen molar-refractivity contribution < 1.29 is 28.5 Å². The number of hydrogen-bond acceptors (Lipinski definition) is 8. The number of nitrogens with zero attached hydrogens (tertiary/aromatic N) is 4.